The Labute approximate surface area is 110 Å². The van der Waals surface area contributed by atoms with E-state index in [9.17, 15) is 0 Å². The molecule has 5 heteroatoms. The molecule has 3 rings (SSSR count). The molecule has 16 heavy (non-hydrogen) atoms. The van der Waals surface area contributed by atoms with Crippen LogP contribution in [0.1, 0.15) is 0 Å². The maximum atomic E-state index is 5.34. The summed E-state index contributed by atoms with van der Waals surface area (Å²) in [6.45, 7) is 0. The smallest absolute Gasteiger partial charge is 0.182 e. The third kappa shape index (κ3) is 1.55. The average Bonchev–Trinajstić information content (AvgIpc) is 2.83. The number of hydrogen-bond donors (Lipinski definition) is 1. The molecule has 2 nitrogen and oxygen atoms in total. The van der Waals surface area contributed by atoms with E-state index < -0.39 is 0 Å². The summed E-state index contributed by atoms with van der Waals surface area (Å²) in [7, 11) is 0. The maximum absolute atomic E-state index is 5.34. The number of H-pyrrole nitrogens is 1. The van der Waals surface area contributed by atoms with Gasteiger partial charge < -0.3 is 4.98 Å². The molecular weight excluding hydrogens is 304 g/mol. The van der Waals surface area contributed by atoms with Crippen molar-refractivity contribution in [3.63, 3.8) is 0 Å². The van der Waals surface area contributed by atoms with Crippen molar-refractivity contribution >= 4 is 50.5 Å². The van der Waals surface area contributed by atoms with Crippen LogP contribution in [0.15, 0.2) is 39.5 Å². The molecule has 1 N–H and O–H groups in total. The minimum Gasteiger partial charge on any atom is -0.330 e. The van der Waals surface area contributed by atoms with Crippen LogP contribution in [0.4, 0.5) is 0 Å². The number of aromatic nitrogens is 2. The second-order valence-electron chi connectivity index (χ2n) is 3.41. The lowest BCUT2D eigenvalue weighted by Gasteiger charge is -2.00. The number of rotatable bonds is 1. The summed E-state index contributed by atoms with van der Waals surface area (Å²) in [5, 5.41) is 4.14. The minimum atomic E-state index is 0.728. The molecule has 0 radical (unpaired) electrons. The number of thiophene rings is 1. The van der Waals surface area contributed by atoms with E-state index in [1.165, 1.54) is 0 Å². The van der Waals surface area contributed by atoms with E-state index in [2.05, 4.69) is 38.4 Å². The molecular formula is C11H7BrN2S2. The van der Waals surface area contributed by atoms with E-state index in [1.54, 1.807) is 11.3 Å². The Hall–Kier alpha value is -0.910. The highest BCUT2D eigenvalue weighted by atomic mass is 79.9. The number of halogens is 1. The second kappa shape index (κ2) is 3.84. The van der Waals surface area contributed by atoms with Gasteiger partial charge in [0, 0.05) is 9.85 Å². The number of fused-ring (bicyclic) bond motifs is 1. The lowest BCUT2D eigenvalue weighted by atomic mass is 10.3. The predicted molar refractivity (Wildman–Crippen MR) is 74.0 cm³/mol. The lowest BCUT2D eigenvalue weighted by Crippen LogP contribution is -1.90. The molecule has 0 spiro atoms. The Morgan fingerprint density at radius 1 is 1.31 bits per heavy atom. The van der Waals surface area contributed by atoms with Crippen molar-refractivity contribution in [3.05, 3.63) is 44.3 Å². The monoisotopic (exact) mass is 310 g/mol. The fraction of sp³-hybridized carbons (Fsp3) is 0. The van der Waals surface area contributed by atoms with E-state index >= 15 is 0 Å². The van der Waals surface area contributed by atoms with Gasteiger partial charge in [-0.2, -0.15) is 11.3 Å². The molecule has 0 saturated carbocycles. The third-order valence-electron chi connectivity index (χ3n) is 2.41. The van der Waals surface area contributed by atoms with E-state index in [1.807, 2.05) is 22.1 Å². The fourth-order valence-corrected chi connectivity index (χ4v) is 3.00. The Bertz CT molecular complexity index is 694. The molecule has 2 aromatic heterocycles. The van der Waals surface area contributed by atoms with Gasteiger partial charge in [0.15, 0.2) is 4.77 Å². The Balaban J connectivity index is 2.43. The molecule has 0 amide bonds. The van der Waals surface area contributed by atoms with Crippen LogP contribution in [0.3, 0.4) is 0 Å². The van der Waals surface area contributed by atoms with Crippen LogP contribution in [-0.2, 0) is 0 Å². The van der Waals surface area contributed by atoms with Crippen molar-refractivity contribution in [1.29, 1.82) is 0 Å². The number of hydrogen-bond acceptors (Lipinski definition) is 2. The summed E-state index contributed by atoms with van der Waals surface area (Å²) >= 11 is 10.5. The van der Waals surface area contributed by atoms with E-state index in [0.717, 1.165) is 26.0 Å². The van der Waals surface area contributed by atoms with Crippen molar-refractivity contribution < 1.29 is 0 Å². The molecule has 80 valence electrons. The SMILES string of the molecule is S=c1[nH]c2ccc(Br)cc2n1-c1ccsc1. The standard InChI is InChI=1S/C11H7BrN2S2/c12-7-1-2-9-10(5-7)14(11(15)13-9)8-3-4-16-6-8/h1-6H,(H,13,15). The Kier molecular flexibility index (Phi) is 2.46. The molecule has 3 aromatic rings. The van der Waals surface area contributed by atoms with Crippen LogP contribution in [-0.4, -0.2) is 9.55 Å². The van der Waals surface area contributed by atoms with E-state index in [0.29, 0.717) is 0 Å². The first-order valence-electron chi connectivity index (χ1n) is 4.68. The highest BCUT2D eigenvalue weighted by Gasteiger charge is 2.06. The lowest BCUT2D eigenvalue weighted by molar-refractivity contribution is 1.07. The summed E-state index contributed by atoms with van der Waals surface area (Å²) in [6.07, 6.45) is 0. The summed E-state index contributed by atoms with van der Waals surface area (Å²) < 4.78 is 3.83. The minimum absolute atomic E-state index is 0.728. The molecule has 0 aliphatic heterocycles. The van der Waals surface area contributed by atoms with Crippen molar-refractivity contribution in [2.24, 2.45) is 0 Å². The Morgan fingerprint density at radius 3 is 2.94 bits per heavy atom. The number of benzene rings is 1. The quantitative estimate of drug-likeness (QED) is 0.656. The van der Waals surface area contributed by atoms with Gasteiger partial charge in [-0.25, -0.2) is 0 Å². The first-order chi connectivity index (χ1) is 7.75. The van der Waals surface area contributed by atoms with Gasteiger partial charge in [0.05, 0.1) is 16.7 Å². The molecule has 0 fully saturated rings. The van der Waals surface area contributed by atoms with Crippen LogP contribution >= 0.6 is 39.5 Å². The predicted octanol–water partition coefficient (Wildman–Crippen LogP) is 4.51. The van der Waals surface area contributed by atoms with Gasteiger partial charge in [-0.1, -0.05) is 15.9 Å². The topological polar surface area (TPSA) is 20.7 Å². The van der Waals surface area contributed by atoms with Gasteiger partial charge in [-0.3, -0.25) is 4.57 Å². The van der Waals surface area contributed by atoms with Crippen molar-refractivity contribution in [2.75, 3.05) is 0 Å². The van der Waals surface area contributed by atoms with Crippen molar-refractivity contribution in [1.82, 2.24) is 9.55 Å². The van der Waals surface area contributed by atoms with Gasteiger partial charge in [0.1, 0.15) is 0 Å². The van der Waals surface area contributed by atoms with Gasteiger partial charge in [-0.15, -0.1) is 0 Å². The maximum Gasteiger partial charge on any atom is 0.182 e. The van der Waals surface area contributed by atoms with Gasteiger partial charge >= 0.3 is 0 Å². The number of imidazole rings is 1. The van der Waals surface area contributed by atoms with Crippen LogP contribution in [0, 0.1) is 4.77 Å². The molecule has 0 unspecified atom stereocenters. The number of nitrogens with one attached hydrogen (secondary N) is 1. The summed E-state index contributed by atoms with van der Waals surface area (Å²) in [5.41, 5.74) is 3.26. The molecule has 2 heterocycles. The second-order valence-corrected chi connectivity index (χ2v) is 5.49. The van der Waals surface area contributed by atoms with Crippen LogP contribution in [0.25, 0.3) is 16.7 Å². The summed E-state index contributed by atoms with van der Waals surface area (Å²) in [5.74, 6) is 0. The average molecular weight is 311 g/mol. The molecule has 0 saturated heterocycles. The Morgan fingerprint density at radius 2 is 2.19 bits per heavy atom. The van der Waals surface area contributed by atoms with Crippen molar-refractivity contribution in [3.8, 4) is 5.69 Å². The molecule has 0 atom stereocenters. The molecule has 0 aliphatic carbocycles. The van der Waals surface area contributed by atoms with Gasteiger partial charge in [0.2, 0.25) is 0 Å². The number of nitrogens with zero attached hydrogens (tertiary/aromatic N) is 1. The van der Waals surface area contributed by atoms with Crippen LogP contribution in [0.5, 0.6) is 0 Å². The van der Waals surface area contributed by atoms with Gasteiger partial charge in [-0.05, 0) is 41.9 Å². The third-order valence-corrected chi connectivity index (χ3v) is 3.86. The van der Waals surface area contributed by atoms with E-state index in [4.69, 9.17) is 12.2 Å². The van der Waals surface area contributed by atoms with Gasteiger partial charge in [0.25, 0.3) is 0 Å². The zero-order valence-electron chi connectivity index (χ0n) is 8.11. The van der Waals surface area contributed by atoms with Crippen LogP contribution < -0.4 is 0 Å². The molecule has 0 bridgehead atoms. The largest absolute Gasteiger partial charge is 0.330 e. The van der Waals surface area contributed by atoms with Crippen LogP contribution in [0.2, 0.25) is 0 Å². The fourth-order valence-electron chi connectivity index (χ4n) is 1.72. The summed E-state index contributed by atoms with van der Waals surface area (Å²) in [6, 6.07) is 8.16. The van der Waals surface area contributed by atoms with Crippen molar-refractivity contribution in [2.45, 2.75) is 0 Å². The molecule has 0 aliphatic rings. The zero-order valence-corrected chi connectivity index (χ0v) is 11.3. The number of aromatic amines is 1. The van der Waals surface area contributed by atoms with E-state index in [-0.39, 0.29) is 0 Å². The normalized spacial score (nSPS) is 11.1. The first kappa shape index (κ1) is 10.3. The highest BCUT2D eigenvalue weighted by molar-refractivity contribution is 9.10. The molecule has 1 aromatic carbocycles. The highest BCUT2D eigenvalue weighted by Crippen LogP contribution is 2.24. The summed E-state index contributed by atoms with van der Waals surface area (Å²) in [4.78, 5) is 3.20. The zero-order chi connectivity index (χ0) is 11.1. The first-order valence-corrected chi connectivity index (χ1v) is 6.83.